The Balaban J connectivity index is 1.66. The van der Waals surface area contributed by atoms with E-state index in [9.17, 15) is 18.0 Å². The molecule has 0 bridgehead atoms. The molecule has 33 heavy (non-hydrogen) atoms. The lowest BCUT2D eigenvalue weighted by Crippen LogP contribution is -2.37. The summed E-state index contributed by atoms with van der Waals surface area (Å²) in [5.74, 6) is -0.0580. The molecule has 3 aromatic rings. The van der Waals surface area contributed by atoms with Gasteiger partial charge in [-0.05, 0) is 36.4 Å². The predicted octanol–water partition coefficient (Wildman–Crippen LogP) is 3.12. The number of aromatic nitrogens is 3. The highest BCUT2D eigenvalue weighted by Gasteiger charge is 2.31. The number of nitrogens with zero attached hydrogens (tertiary/aromatic N) is 4. The third kappa shape index (κ3) is 5.86. The van der Waals surface area contributed by atoms with Gasteiger partial charge >= 0.3 is 6.36 Å². The zero-order valence-electron chi connectivity index (χ0n) is 17.2. The van der Waals surface area contributed by atoms with E-state index in [1.54, 1.807) is 24.3 Å². The number of primary amides is 1. The Morgan fingerprint density at radius 2 is 1.79 bits per heavy atom. The molecular weight excluding hydrogens is 441 g/mol. The Hall–Kier alpha value is -3.93. The maximum Gasteiger partial charge on any atom is 0.573 e. The van der Waals surface area contributed by atoms with Crippen LogP contribution in [0.1, 0.15) is 10.4 Å². The van der Waals surface area contributed by atoms with Gasteiger partial charge in [-0.1, -0.05) is 12.1 Å². The molecule has 9 nitrogen and oxygen atoms in total. The number of morpholine rings is 1. The van der Waals surface area contributed by atoms with Crippen molar-refractivity contribution < 1.29 is 27.4 Å². The standard InChI is InChI=1S/C21H19F3N6O3/c22-21(23,24)33-16-6-4-15(5-7-16)26-19-27-18(14-3-1-2-13(12-14)17(25)31)28-20(29-19)30-8-10-32-11-9-30/h1-7,12H,8-11H2,(H2,25,31)(H,26,27,28,29). The van der Waals surface area contributed by atoms with Crippen LogP contribution in [0.15, 0.2) is 48.5 Å². The van der Waals surface area contributed by atoms with Gasteiger partial charge in [-0.15, -0.1) is 13.2 Å². The molecule has 4 rings (SSSR count). The second-order valence-corrected chi connectivity index (χ2v) is 7.02. The molecule has 1 aliphatic heterocycles. The van der Waals surface area contributed by atoms with E-state index in [-0.39, 0.29) is 11.7 Å². The number of alkyl halides is 3. The Bertz CT molecular complexity index is 1130. The van der Waals surface area contributed by atoms with E-state index in [1.807, 2.05) is 4.90 Å². The minimum absolute atomic E-state index is 0.176. The van der Waals surface area contributed by atoms with E-state index < -0.39 is 12.3 Å². The number of benzene rings is 2. The number of carbonyl (C=O) groups excluding carboxylic acids is 1. The summed E-state index contributed by atoms with van der Waals surface area (Å²) in [6, 6.07) is 11.7. The second kappa shape index (κ2) is 9.28. The summed E-state index contributed by atoms with van der Waals surface area (Å²) in [6.45, 7) is 2.19. The van der Waals surface area contributed by atoms with Gasteiger partial charge in [-0.2, -0.15) is 15.0 Å². The van der Waals surface area contributed by atoms with Crippen LogP contribution < -0.4 is 20.7 Å². The number of amides is 1. The number of hydrogen-bond donors (Lipinski definition) is 2. The van der Waals surface area contributed by atoms with Gasteiger partial charge in [0.05, 0.1) is 13.2 Å². The molecule has 172 valence electrons. The Morgan fingerprint density at radius 3 is 2.45 bits per heavy atom. The molecule has 2 heterocycles. The fourth-order valence-electron chi connectivity index (χ4n) is 3.14. The molecule has 0 atom stereocenters. The van der Waals surface area contributed by atoms with Crippen molar-refractivity contribution in [2.45, 2.75) is 6.36 Å². The molecule has 3 N–H and O–H groups in total. The summed E-state index contributed by atoms with van der Waals surface area (Å²) in [5, 5.41) is 2.97. The van der Waals surface area contributed by atoms with E-state index in [2.05, 4.69) is 25.0 Å². The van der Waals surface area contributed by atoms with Crippen LogP contribution >= 0.6 is 0 Å². The van der Waals surface area contributed by atoms with Crippen molar-refractivity contribution >= 4 is 23.5 Å². The van der Waals surface area contributed by atoms with Crippen LogP contribution in [-0.4, -0.2) is 53.5 Å². The molecule has 0 radical (unpaired) electrons. The summed E-state index contributed by atoms with van der Waals surface area (Å²) < 4.78 is 46.4. The summed E-state index contributed by atoms with van der Waals surface area (Å²) in [7, 11) is 0. The zero-order valence-corrected chi connectivity index (χ0v) is 17.2. The van der Waals surface area contributed by atoms with Crippen LogP contribution in [-0.2, 0) is 4.74 Å². The number of carbonyl (C=O) groups is 1. The molecule has 1 aromatic heterocycles. The Labute approximate surface area is 186 Å². The van der Waals surface area contributed by atoms with Crippen LogP contribution in [0.3, 0.4) is 0 Å². The predicted molar refractivity (Wildman–Crippen MR) is 113 cm³/mol. The van der Waals surface area contributed by atoms with Crippen molar-refractivity contribution in [1.29, 1.82) is 0 Å². The molecule has 1 amide bonds. The number of ether oxygens (including phenoxy) is 2. The van der Waals surface area contributed by atoms with Crippen molar-refractivity contribution in [1.82, 2.24) is 15.0 Å². The van der Waals surface area contributed by atoms with Gasteiger partial charge in [-0.25, -0.2) is 0 Å². The van der Waals surface area contributed by atoms with Crippen LogP contribution in [0.25, 0.3) is 11.4 Å². The maximum absolute atomic E-state index is 12.4. The summed E-state index contributed by atoms with van der Waals surface area (Å²) in [6.07, 6.45) is -4.77. The maximum atomic E-state index is 12.4. The van der Waals surface area contributed by atoms with Gasteiger partial charge in [0.1, 0.15) is 5.75 Å². The van der Waals surface area contributed by atoms with Crippen LogP contribution in [0.4, 0.5) is 30.8 Å². The van der Waals surface area contributed by atoms with Gasteiger partial charge in [0, 0.05) is 29.9 Å². The van der Waals surface area contributed by atoms with Crippen molar-refractivity contribution in [3.8, 4) is 17.1 Å². The van der Waals surface area contributed by atoms with E-state index in [0.29, 0.717) is 54.9 Å². The summed E-state index contributed by atoms with van der Waals surface area (Å²) in [5.41, 5.74) is 6.69. The zero-order chi connectivity index (χ0) is 23.4. The Morgan fingerprint density at radius 1 is 1.06 bits per heavy atom. The molecule has 0 unspecified atom stereocenters. The average Bonchev–Trinajstić information content (AvgIpc) is 2.80. The number of nitrogens with one attached hydrogen (secondary N) is 1. The highest BCUT2D eigenvalue weighted by atomic mass is 19.4. The van der Waals surface area contributed by atoms with Crippen molar-refractivity contribution in [3.63, 3.8) is 0 Å². The van der Waals surface area contributed by atoms with Crippen LogP contribution in [0.5, 0.6) is 5.75 Å². The number of nitrogens with two attached hydrogens (primary N) is 1. The smallest absolute Gasteiger partial charge is 0.406 e. The minimum atomic E-state index is -4.77. The van der Waals surface area contributed by atoms with Gasteiger partial charge in [-0.3, -0.25) is 4.79 Å². The lowest BCUT2D eigenvalue weighted by molar-refractivity contribution is -0.274. The van der Waals surface area contributed by atoms with Crippen molar-refractivity contribution in [3.05, 3.63) is 54.1 Å². The molecule has 1 saturated heterocycles. The summed E-state index contributed by atoms with van der Waals surface area (Å²) >= 11 is 0. The first kappa shape index (κ1) is 22.3. The highest BCUT2D eigenvalue weighted by Crippen LogP contribution is 2.26. The number of anilines is 3. The first-order valence-electron chi connectivity index (χ1n) is 9.89. The van der Waals surface area contributed by atoms with E-state index in [4.69, 9.17) is 10.5 Å². The monoisotopic (exact) mass is 460 g/mol. The van der Waals surface area contributed by atoms with Crippen LogP contribution in [0.2, 0.25) is 0 Å². The highest BCUT2D eigenvalue weighted by molar-refractivity contribution is 5.93. The van der Waals surface area contributed by atoms with E-state index in [1.165, 1.54) is 24.3 Å². The molecule has 1 aliphatic rings. The fraction of sp³-hybridized carbons (Fsp3) is 0.238. The van der Waals surface area contributed by atoms with Gasteiger partial charge < -0.3 is 25.4 Å². The Kier molecular flexibility index (Phi) is 6.27. The van der Waals surface area contributed by atoms with Gasteiger partial charge in [0.25, 0.3) is 0 Å². The van der Waals surface area contributed by atoms with Crippen molar-refractivity contribution in [2.75, 3.05) is 36.5 Å². The third-order valence-corrected chi connectivity index (χ3v) is 4.67. The first-order valence-corrected chi connectivity index (χ1v) is 9.89. The quantitative estimate of drug-likeness (QED) is 0.577. The molecular formula is C21H19F3N6O3. The number of hydrogen-bond acceptors (Lipinski definition) is 8. The van der Waals surface area contributed by atoms with Crippen molar-refractivity contribution in [2.24, 2.45) is 5.73 Å². The van der Waals surface area contributed by atoms with Gasteiger partial charge in [0.15, 0.2) is 5.82 Å². The largest absolute Gasteiger partial charge is 0.573 e. The molecule has 1 fully saturated rings. The molecule has 2 aromatic carbocycles. The molecule has 12 heteroatoms. The fourth-order valence-corrected chi connectivity index (χ4v) is 3.14. The second-order valence-electron chi connectivity index (χ2n) is 7.02. The lowest BCUT2D eigenvalue weighted by Gasteiger charge is -2.27. The van der Waals surface area contributed by atoms with Gasteiger partial charge in [0.2, 0.25) is 17.8 Å². The molecule has 0 aliphatic carbocycles. The first-order chi connectivity index (χ1) is 15.8. The minimum Gasteiger partial charge on any atom is -0.406 e. The average molecular weight is 460 g/mol. The number of rotatable bonds is 6. The topological polar surface area (TPSA) is 115 Å². The van der Waals surface area contributed by atoms with E-state index >= 15 is 0 Å². The molecule has 0 saturated carbocycles. The third-order valence-electron chi connectivity index (χ3n) is 4.67. The lowest BCUT2D eigenvalue weighted by atomic mass is 10.1. The normalized spacial score (nSPS) is 14.1. The summed E-state index contributed by atoms with van der Waals surface area (Å²) in [4.78, 5) is 26.9. The van der Waals surface area contributed by atoms with Crippen LogP contribution in [0, 0.1) is 0 Å². The van der Waals surface area contributed by atoms with E-state index in [0.717, 1.165) is 0 Å². The number of halogens is 3. The molecule has 0 spiro atoms. The SMILES string of the molecule is NC(=O)c1cccc(-c2nc(Nc3ccc(OC(F)(F)F)cc3)nc(N3CCOCC3)n2)c1.